The molecular formula is C13H22N4O. The third-order valence-electron chi connectivity index (χ3n) is 2.72. The van der Waals surface area contributed by atoms with E-state index in [0.29, 0.717) is 24.1 Å². The molecule has 1 aromatic heterocycles. The second-order valence-corrected chi connectivity index (χ2v) is 4.36. The molecule has 0 fully saturated rings. The van der Waals surface area contributed by atoms with Crippen LogP contribution in [0.2, 0.25) is 0 Å². The van der Waals surface area contributed by atoms with Crippen LogP contribution in [0.4, 0.5) is 5.95 Å². The van der Waals surface area contributed by atoms with Gasteiger partial charge in [0.1, 0.15) is 0 Å². The maximum Gasteiger partial charge on any atom is 0.254 e. The fourth-order valence-electron chi connectivity index (χ4n) is 1.32. The van der Waals surface area contributed by atoms with E-state index in [0.717, 1.165) is 19.3 Å². The second-order valence-electron chi connectivity index (χ2n) is 4.36. The van der Waals surface area contributed by atoms with Gasteiger partial charge < -0.3 is 10.6 Å². The summed E-state index contributed by atoms with van der Waals surface area (Å²) in [6, 6.07) is 0.328. The van der Waals surface area contributed by atoms with Crippen molar-refractivity contribution in [2.24, 2.45) is 0 Å². The average molecular weight is 250 g/mol. The van der Waals surface area contributed by atoms with E-state index in [1.54, 1.807) is 12.4 Å². The quantitative estimate of drug-likeness (QED) is 0.728. The minimum absolute atomic E-state index is 0.112. The maximum atomic E-state index is 11.7. The molecule has 1 aromatic rings. The van der Waals surface area contributed by atoms with Gasteiger partial charge in [-0.3, -0.25) is 4.79 Å². The molecule has 0 aliphatic heterocycles. The van der Waals surface area contributed by atoms with Crippen molar-refractivity contribution in [3.8, 4) is 0 Å². The SMILES string of the molecule is CCCCNC(=O)c1cnc(NC(C)CC)nc1. The normalized spacial score (nSPS) is 11.9. The minimum Gasteiger partial charge on any atom is -0.352 e. The molecule has 0 aliphatic rings. The van der Waals surface area contributed by atoms with Crippen LogP contribution >= 0.6 is 0 Å². The summed E-state index contributed by atoms with van der Waals surface area (Å²) in [5.74, 6) is 0.452. The Hall–Kier alpha value is -1.65. The van der Waals surface area contributed by atoms with Gasteiger partial charge in [0.15, 0.2) is 0 Å². The summed E-state index contributed by atoms with van der Waals surface area (Å²) < 4.78 is 0. The van der Waals surface area contributed by atoms with Crippen LogP contribution in [0.15, 0.2) is 12.4 Å². The maximum absolute atomic E-state index is 11.7. The zero-order chi connectivity index (χ0) is 13.4. The molecule has 18 heavy (non-hydrogen) atoms. The molecule has 100 valence electrons. The first-order chi connectivity index (χ1) is 8.67. The van der Waals surface area contributed by atoms with E-state index in [1.165, 1.54) is 0 Å². The summed E-state index contributed by atoms with van der Waals surface area (Å²) in [6.45, 7) is 6.94. The highest BCUT2D eigenvalue weighted by Gasteiger charge is 2.07. The smallest absolute Gasteiger partial charge is 0.254 e. The number of carbonyl (C=O) groups excluding carboxylic acids is 1. The van der Waals surface area contributed by atoms with E-state index in [-0.39, 0.29) is 5.91 Å². The van der Waals surface area contributed by atoms with Gasteiger partial charge in [-0.2, -0.15) is 0 Å². The van der Waals surface area contributed by atoms with Crippen molar-refractivity contribution >= 4 is 11.9 Å². The van der Waals surface area contributed by atoms with Gasteiger partial charge in [-0.25, -0.2) is 9.97 Å². The highest BCUT2D eigenvalue weighted by atomic mass is 16.1. The highest BCUT2D eigenvalue weighted by molar-refractivity contribution is 5.93. The Bertz CT molecular complexity index is 364. The van der Waals surface area contributed by atoms with E-state index in [1.807, 2.05) is 0 Å². The van der Waals surface area contributed by atoms with Crippen LogP contribution in [0.5, 0.6) is 0 Å². The number of unbranched alkanes of at least 4 members (excludes halogenated alkanes) is 1. The first kappa shape index (κ1) is 14.4. The molecule has 2 N–H and O–H groups in total. The van der Waals surface area contributed by atoms with Gasteiger partial charge in [-0.15, -0.1) is 0 Å². The number of rotatable bonds is 7. The molecule has 1 unspecified atom stereocenters. The molecule has 1 rings (SSSR count). The van der Waals surface area contributed by atoms with Crippen molar-refractivity contribution in [3.63, 3.8) is 0 Å². The van der Waals surface area contributed by atoms with Gasteiger partial charge in [0.25, 0.3) is 5.91 Å². The number of nitrogens with one attached hydrogen (secondary N) is 2. The van der Waals surface area contributed by atoms with Gasteiger partial charge >= 0.3 is 0 Å². The van der Waals surface area contributed by atoms with Crippen LogP contribution in [-0.4, -0.2) is 28.5 Å². The molecule has 1 atom stereocenters. The van der Waals surface area contributed by atoms with Crippen molar-refractivity contribution in [3.05, 3.63) is 18.0 Å². The lowest BCUT2D eigenvalue weighted by Crippen LogP contribution is -2.25. The van der Waals surface area contributed by atoms with Gasteiger partial charge in [0.2, 0.25) is 5.95 Å². The molecule has 0 spiro atoms. The molecule has 0 bridgehead atoms. The third kappa shape index (κ3) is 4.69. The Kier molecular flexibility index (Phi) is 6.11. The third-order valence-corrected chi connectivity index (χ3v) is 2.72. The number of hydrogen-bond donors (Lipinski definition) is 2. The Morgan fingerprint density at radius 1 is 1.33 bits per heavy atom. The summed E-state index contributed by atoms with van der Waals surface area (Å²) in [7, 11) is 0. The number of amides is 1. The van der Waals surface area contributed by atoms with E-state index < -0.39 is 0 Å². The molecule has 0 saturated heterocycles. The van der Waals surface area contributed by atoms with Crippen LogP contribution in [0, 0.1) is 0 Å². The summed E-state index contributed by atoms with van der Waals surface area (Å²) >= 11 is 0. The first-order valence-electron chi connectivity index (χ1n) is 6.54. The molecule has 1 heterocycles. The molecule has 0 saturated carbocycles. The Balaban J connectivity index is 2.51. The standard InChI is InChI=1S/C13H22N4O/c1-4-6-7-14-12(18)11-8-15-13(16-9-11)17-10(3)5-2/h8-10H,4-7H2,1-3H3,(H,14,18)(H,15,16,17). The molecular weight excluding hydrogens is 228 g/mol. The van der Waals surface area contributed by atoms with Crippen molar-refractivity contribution in [1.29, 1.82) is 0 Å². The molecule has 1 amide bonds. The van der Waals surface area contributed by atoms with Crippen LogP contribution in [-0.2, 0) is 0 Å². The Labute approximate surface area is 108 Å². The summed E-state index contributed by atoms with van der Waals surface area (Å²) in [5, 5.41) is 5.99. The zero-order valence-corrected chi connectivity index (χ0v) is 11.4. The number of carbonyl (C=O) groups is 1. The molecule has 5 heteroatoms. The van der Waals surface area contributed by atoms with E-state index in [2.05, 4.69) is 41.4 Å². The molecule has 0 aliphatic carbocycles. The minimum atomic E-state index is -0.112. The van der Waals surface area contributed by atoms with Crippen molar-refractivity contribution in [2.45, 2.75) is 46.1 Å². The fraction of sp³-hybridized carbons (Fsp3) is 0.615. The van der Waals surface area contributed by atoms with Gasteiger partial charge in [0.05, 0.1) is 5.56 Å². The van der Waals surface area contributed by atoms with Gasteiger partial charge in [-0.1, -0.05) is 20.3 Å². The number of hydrogen-bond acceptors (Lipinski definition) is 4. The summed E-state index contributed by atoms with van der Waals surface area (Å²) in [5.41, 5.74) is 0.501. The van der Waals surface area contributed by atoms with Crippen molar-refractivity contribution < 1.29 is 4.79 Å². The second kappa shape index (κ2) is 7.63. The first-order valence-corrected chi connectivity index (χ1v) is 6.54. The van der Waals surface area contributed by atoms with Crippen molar-refractivity contribution in [2.75, 3.05) is 11.9 Å². The fourth-order valence-corrected chi connectivity index (χ4v) is 1.32. The monoisotopic (exact) mass is 250 g/mol. The molecule has 0 aromatic carbocycles. The van der Waals surface area contributed by atoms with Crippen LogP contribution in [0.3, 0.4) is 0 Å². The van der Waals surface area contributed by atoms with Gasteiger partial charge in [-0.05, 0) is 19.8 Å². The predicted molar refractivity (Wildman–Crippen MR) is 72.6 cm³/mol. The van der Waals surface area contributed by atoms with Crippen molar-refractivity contribution in [1.82, 2.24) is 15.3 Å². The summed E-state index contributed by atoms with van der Waals surface area (Å²) in [4.78, 5) is 20.0. The van der Waals surface area contributed by atoms with Crippen LogP contribution < -0.4 is 10.6 Å². The molecule has 0 radical (unpaired) electrons. The molecule has 5 nitrogen and oxygen atoms in total. The topological polar surface area (TPSA) is 66.9 Å². The van der Waals surface area contributed by atoms with Gasteiger partial charge in [0, 0.05) is 25.0 Å². The van der Waals surface area contributed by atoms with Crippen LogP contribution in [0.25, 0.3) is 0 Å². The lowest BCUT2D eigenvalue weighted by molar-refractivity contribution is 0.0952. The van der Waals surface area contributed by atoms with E-state index in [9.17, 15) is 4.79 Å². The number of nitrogens with zero attached hydrogens (tertiary/aromatic N) is 2. The van der Waals surface area contributed by atoms with Crippen LogP contribution in [0.1, 0.15) is 50.4 Å². The number of aromatic nitrogens is 2. The predicted octanol–water partition coefficient (Wildman–Crippen LogP) is 2.22. The Morgan fingerprint density at radius 2 is 2.00 bits per heavy atom. The van der Waals surface area contributed by atoms with E-state index >= 15 is 0 Å². The Morgan fingerprint density at radius 3 is 2.56 bits per heavy atom. The summed E-state index contributed by atoms with van der Waals surface area (Å²) in [6.07, 6.45) is 6.16. The lowest BCUT2D eigenvalue weighted by Gasteiger charge is -2.11. The average Bonchev–Trinajstić information content (AvgIpc) is 2.39. The number of anilines is 1. The highest BCUT2D eigenvalue weighted by Crippen LogP contribution is 2.03. The zero-order valence-electron chi connectivity index (χ0n) is 11.4. The lowest BCUT2D eigenvalue weighted by atomic mass is 10.3. The van der Waals surface area contributed by atoms with E-state index in [4.69, 9.17) is 0 Å². The largest absolute Gasteiger partial charge is 0.352 e.